The number of sulfonamides is 1. The van der Waals surface area contributed by atoms with Gasteiger partial charge in [0.05, 0.1) is 4.90 Å². The van der Waals surface area contributed by atoms with Crippen LogP contribution in [0, 0.1) is 26.7 Å². The van der Waals surface area contributed by atoms with E-state index in [4.69, 9.17) is 0 Å². The number of hydrogen-bond acceptors (Lipinski definition) is 2. The standard InChI is InChI=1S/C15H22BrNO2S/c1-10-6-5-7-17(9-10)20(18,19)15-12(3)8-11(2)14(16)13(15)4/h8,10H,5-7,9H2,1-4H3. The van der Waals surface area contributed by atoms with Gasteiger partial charge >= 0.3 is 0 Å². The van der Waals surface area contributed by atoms with Crippen LogP contribution in [0.4, 0.5) is 0 Å². The Bertz CT molecular complexity index is 625. The number of rotatable bonds is 2. The van der Waals surface area contributed by atoms with Crippen LogP contribution in [-0.4, -0.2) is 25.8 Å². The highest BCUT2D eigenvalue weighted by molar-refractivity contribution is 9.10. The summed E-state index contributed by atoms with van der Waals surface area (Å²) in [5.41, 5.74) is 2.73. The Hall–Kier alpha value is -0.390. The summed E-state index contributed by atoms with van der Waals surface area (Å²) < 4.78 is 28.4. The first-order valence-electron chi connectivity index (χ1n) is 7.01. The Morgan fingerprint density at radius 2 is 1.90 bits per heavy atom. The van der Waals surface area contributed by atoms with E-state index in [1.54, 1.807) is 4.31 Å². The van der Waals surface area contributed by atoms with Gasteiger partial charge in [0.2, 0.25) is 10.0 Å². The molecule has 1 aliphatic rings. The smallest absolute Gasteiger partial charge is 0.207 e. The van der Waals surface area contributed by atoms with Gasteiger partial charge in [0.1, 0.15) is 0 Å². The lowest BCUT2D eigenvalue weighted by Crippen LogP contribution is -2.39. The van der Waals surface area contributed by atoms with Crippen LogP contribution >= 0.6 is 15.9 Å². The molecule has 5 heteroatoms. The zero-order valence-corrected chi connectivity index (χ0v) is 14.9. The number of nitrogens with zero attached hydrogens (tertiary/aromatic N) is 1. The molecule has 0 N–H and O–H groups in total. The minimum Gasteiger partial charge on any atom is -0.207 e. The molecular weight excluding hydrogens is 338 g/mol. The van der Waals surface area contributed by atoms with Gasteiger partial charge in [-0.3, -0.25) is 0 Å². The summed E-state index contributed by atoms with van der Waals surface area (Å²) >= 11 is 3.51. The summed E-state index contributed by atoms with van der Waals surface area (Å²) in [7, 11) is -3.39. The Labute approximate surface area is 130 Å². The SMILES string of the molecule is Cc1cc(C)c(S(=O)(=O)N2CCCC(C)C2)c(C)c1Br. The van der Waals surface area contributed by atoms with E-state index in [1.807, 2.05) is 26.8 Å². The molecule has 1 heterocycles. The van der Waals surface area contributed by atoms with Gasteiger partial charge in [-0.1, -0.05) is 28.9 Å². The predicted molar refractivity (Wildman–Crippen MR) is 85.5 cm³/mol. The first-order chi connectivity index (χ1) is 9.25. The van der Waals surface area contributed by atoms with Gasteiger partial charge in [-0.25, -0.2) is 8.42 Å². The summed E-state index contributed by atoms with van der Waals surface area (Å²) in [5.74, 6) is 0.438. The summed E-state index contributed by atoms with van der Waals surface area (Å²) in [6.07, 6.45) is 2.06. The zero-order chi connectivity index (χ0) is 15.1. The van der Waals surface area contributed by atoms with E-state index in [1.165, 1.54) is 0 Å². The van der Waals surface area contributed by atoms with E-state index in [2.05, 4.69) is 22.9 Å². The molecule has 1 unspecified atom stereocenters. The molecule has 0 aromatic heterocycles. The van der Waals surface area contributed by atoms with Gasteiger partial charge in [0.25, 0.3) is 0 Å². The molecule has 0 saturated carbocycles. The van der Waals surface area contributed by atoms with Crippen molar-refractivity contribution in [3.8, 4) is 0 Å². The van der Waals surface area contributed by atoms with Gasteiger partial charge in [-0.2, -0.15) is 4.31 Å². The van der Waals surface area contributed by atoms with Crippen molar-refractivity contribution in [1.29, 1.82) is 0 Å². The van der Waals surface area contributed by atoms with E-state index in [9.17, 15) is 8.42 Å². The third-order valence-electron chi connectivity index (χ3n) is 4.02. The molecule has 3 nitrogen and oxygen atoms in total. The van der Waals surface area contributed by atoms with Crippen molar-refractivity contribution in [2.45, 2.75) is 45.4 Å². The molecule has 1 aliphatic heterocycles. The van der Waals surface area contributed by atoms with Crippen molar-refractivity contribution >= 4 is 26.0 Å². The summed E-state index contributed by atoms with van der Waals surface area (Å²) in [6.45, 7) is 9.14. The van der Waals surface area contributed by atoms with Crippen molar-refractivity contribution in [2.24, 2.45) is 5.92 Å². The summed E-state index contributed by atoms with van der Waals surface area (Å²) in [5, 5.41) is 0. The van der Waals surface area contributed by atoms with E-state index in [0.29, 0.717) is 23.9 Å². The average molecular weight is 360 g/mol. The Morgan fingerprint density at radius 1 is 1.25 bits per heavy atom. The van der Waals surface area contributed by atoms with Crippen LogP contribution in [0.3, 0.4) is 0 Å². The number of benzene rings is 1. The first-order valence-corrected chi connectivity index (χ1v) is 9.25. The average Bonchev–Trinajstić information content (AvgIpc) is 2.36. The molecule has 1 aromatic rings. The van der Waals surface area contributed by atoms with Gasteiger partial charge in [0.15, 0.2) is 0 Å². The molecule has 0 spiro atoms. The van der Waals surface area contributed by atoms with Crippen LogP contribution in [0.15, 0.2) is 15.4 Å². The highest BCUT2D eigenvalue weighted by Crippen LogP contribution is 2.33. The van der Waals surface area contributed by atoms with Crippen molar-refractivity contribution < 1.29 is 8.42 Å². The Balaban J connectivity index is 2.52. The normalized spacial score (nSPS) is 21.1. The van der Waals surface area contributed by atoms with Crippen LogP contribution < -0.4 is 0 Å². The minimum atomic E-state index is -3.39. The summed E-state index contributed by atoms with van der Waals surface area (Å²) in [6, 6.07) is 1.94. The number of halogens is 1. The van der Waals surface area contributed by atoms with Gasteiger partial charge in [-0.05, 0) is 56.2 Å². The molecule has 20 heavy (non-hydrogen) atoms. The van der Waals surface area contributed by atoms with Gasteiger partial charge < -0.3 is 0 Å². The topological polar surface area (TPSA) is 37.4 Å². The molecule has 1 saturated heterocycles. The molecule has 2 rings (SSSR count). The molecule has 1 aromatic carbocycles. The largest absolute Gasteiger partial charge is 0.243 e. The van der Waals surface area contributed by atoms with Crippen molar-refractivity contribution in [3.63, 3.8) is 0 Å². The molecule has 1 fully saturated rings. The highest BCUT2D eigenvalue weighted by atomic mass is 79.9. The predicted octanol–water partition coefficient (Wildman–Crippen LogP) is 3.79. The van der Waals surface area contributed by atoms with E-state index in [-0.39, 0.29) is 0 Å². The number of aryl methyl sites for hydroxylation is 2. The van der Waals surface area contributed by atoms with Crippen LogP contribution in [-0.2, 0) is 10.0 Å². The van der Waals surface area contributed by atoms with E-state index in [0.717, 1.165) is 34.0 Å². The van der Waals surface area contributed by atoms with E-state index >= 15 is 0 Å². The maximum atomic E-state index is 12.9. The van der Waals surface area contributed by atoms with E-state index < -0.39 is 10.0 Å². The molecule has 0 amide bonds. The summed E-state index contributed by atoms with van der Waals surface area (Å²) in [4.78, 5) is 0.476. The monoisotopic (exact) mass is 359 g/mol. The van der Waals surface area contributed by atoms with Gasteiger partial charge in [-0.15, -0.1) is 0 Å². The zero-order valence-electron chi connectivity index (χ0n) is 12.5. The maximum absolute atomic E-state index is 12.9. The molecule has 0 aliphatic carbocycles. The second-order valence-electron chi connectivity index (χ2n) is 5.89. The number of hydrogen-bond donors (Lipinski definition) is 0. The molecule has 1 atom stereocenters. The lowest BCUT2D eigenvalue weighted by atomic mass is 10.0. The number of piperidine rings is 1. The fraction of sp³-hybridized carbons (Fsp3) is 0.600. The molecule has 0 bridgehead atoms. The second-order valence-corrected chi connectivity index (χ2v) is 8.56. The fourth-order valence-electron chi connectivity index (χ4n) is 3.04. The minimum absolute atomic E-state index is 0.438. The van der Waals surface area contributed by atoms with Crippen molar-refractivity contribution in [1.82, 2.24) is 4.31 Å². The Kier molecular flexibility index (Phi) is 4.62. The van der Waals surface area contributed by atoms with Crippen LogP contribution in [0.2, 0.25) is 0 Å². The fourth-order valence-corrected chi connectivity index (χ4v) is 5.51. The molecular formula is C15H22BrNO2S. The molecule has 112 valence electrons. The van der Waals surface area contributed by atoms with Gasteiger partial charge in [0, 0.05) is 17.6 Å². The first kappa shape index (κ1) is 16.0. The quantitative estimate of drug-likeness (QED) is 0.805. The van der Waals surface area contributed by atoms with Crippen LogP contribution in [0.25, 0.3) is 0 Å². The van der Waals surface area contributed by atoms with Crippen LogP contribution in [0.1, 0.15) is 36.5 Å². The second kappa shape index (κ2) is 5.78. The van der Waals surface area contributed by atoms with Crippen molar-refractivity contribution in [3.05, 3.63) is 27.2 Å². The highest BCUT2D eigenvalue weighted by Gasteiger charge is 2.31. The lowest BCUT2D eigenvalue weighted by Gasteiger charge is -2.31. The maximum Gasteiger partial charge on any atom is 0.243 e. The third kappa shape index (κ3) is 2.81. The Morgan fingerprint density at radius 3 is 2.50 bits per heavy atom. The lowest BCUT2D eigenvalue weighted by molar-refractivity contribution is 0.281. The van der Waals surface area contributed by atoms with Crippen molar-refractivity contribution in [2.75, 3.05) is 13.1 Å². The molecule has 0 radical (unpaired) electrons. The third-order valence-corrected chi connectivity index (χ3v) is 7.40. The van der Waals surface area contributed by atoms with Crippen LogP contribution in [0.5, 0.6) is 0 Å².